The van der Waals surface area contributed by atoms with E-state index in [4.69, 9.17) is 0 Å². The average molecular weight is 304 g/mol. The molecule has 0 aliphatic heterocycles. The monoisotopic (exact) mass is 304 g/mol. The fourth-order valence-electron chi connectivity index (χ4n) is 7.54. The molecule has 4 fully saturated rings. The van der Waals surface area contributed by atoms with E-state index in [0.717, 1.165) is 36.9 Å². The van der Waals surface area contributed by atoms with Gasteiger partial charge in [-0.2, -0.15) is 0 Å². The minimum absolute atomic E-state index is 0.159. The molecule has 2 nitrogen and oxygen atoms in total. The van der Waals surface area contributed by atoms with Gasteiger partial charge in [-0.05, 0) is 80.5 Å². The van der Waals surface area contributed by atoms with E-state index in [1.165, 1.54) is 44.9 Å². The third-order valence-electron chi connectivity index (χ3n) is 8.99. The van der Waals surface area contributed by atoms with Crippen molar-refractivity contribution in [2.45, 2.75) is 83.7 Å². The second kappa shape index (κ2) is 4.82. The summed E-state index contributed by atoms with van der Waals surface area (Å²) in [4.78, 5) is 11.6. The standard InChI is InChI=1S/C20H32O2/c1-18-10-4-3-5-14(18)6-7-15-16(18)8-11-19(2)17(15)9-12-20(19,22)13-21/h13-17,22H,3-12H2,1-2H3/t14-,15-,16+,17+,18+,19+,20+/m1/s1. The molecule has 1 N–H and O–H groups in total. The second-order valence-electron chi connectivity index (χ2n) is 9.44. The molecule has 22 heavy (non-hydrogen) atoms. The molecule has 0 aromatic carbocycles. The Morgan fingerprint density at radius 3 is 2.45 bits per heavy atom. The summed E-state index contributed by atoms with van der Waals surface area (Å²) in [6.07, 6.45) is 13.4. The Hall–Kier alpha value is -0.370. The van der Waals surface area contributed by atoms with E-state index < -0.39 is 5.60 Å². The van der Waals surface area contributed by atoms with Gasteiger partial charge in [0.2, 0.25) is 0 Å². The van der Waals surface area contributed by atoms with Crippen LogP contribution in [0, 0.1) is 34.5 Å². The first kappa shape index (κ1) is 15.2. The van der Waals surface area contributed by atoms with Gasteiger partial charge in [0.05, 0.1) is 0 Å². The zero-order chi connectivity index (χ0) is 15.6. The molecule has 4 saturated carbocycles. The first-order valence-electron chi connectivity index (χ1n) is 9.63. The lowest BCUT2D eigenvalue weighted by Gasteiger charge is -2.60. The van der Waals surface area contributed by atoms with Crippen LogP contribution in [0.15, 0.2) is 0 Å². The van der Waals surface area contributed by atoms with Crippen LogP contribution < -0.4 is 0 Å². The largest absolute Gasteiger partial charge is 0.382 e. The molecule has 4 rings (SSSR count). The van der Waals surface area contributed by atoms with Crippen LogP contribution in [0.4, 0.5) is 0 Å². The topological polar surface area (TPSA) is 37.3 Å². The van der Waals surface area contributed by atoms with Crippen LogP contribution in [0.3, 0.4) is 0 Å². The summed E-state index contributed by atoms with van der Waals surface area (Å²) in [5.41, 5.74) is -0.662. The van der Waals surface area contributed by atoms with Crippen LogP contribution >= 0.6 is 0 Å². The maximum absolute atomic E-state index is 11.6. The summed E-state index contributed by atoms with van der Waals surface area (Å²) >= 11 is 0. The van der Waals surface area contributed by atoms with Gasteiger partial charge in [-0.25, -0.2) is 0 Å². The quantitative estimate of drug-likeness (QED) is 0.731. The van der Waals surface area contributed by atoms with Crippen molar-refractivity contribution in [3.8, 4) is 0 Å². The van der Waals surface area contributed by atoms with Gasteiger partial charge >= 0.3 is 0 Å². The molecular weight excluding hydrogens is 272 g/mol. The molecule has 0 radical (unpaired) electrons. The maximum atomic E-state index is 11.6. The third kappa shape index (κ3) is 1.74. The highest BCUT2D eigenvalue weighted by Crippen LogP contribution is 2.67. The lowest BCUT2D eigenvalue weighted by molar-refractivity contribution is -0.159. The van der Waals surface area contributed by atoms with Gasteiger partial charge < -0.3 is 9.90 Å². The molecule has 7 atom stereocenters. The predicted molar refractivity (Wildman–Crippen MR) is 87.4 cm³/mol. The van der Waals surface area contributed by atoms with E-state index in [1.807, 2.05) is 0 Å². The molecular formula is C20H32O2. The van der Waals surface area contributed by atoms with Crippen LogP contribution in [0.5, 0.6) is 0 Å². The summed E-state index contributed by atoms with van der Waals surface area (Å²) in [6, 6.07) is 0. The van der Waals surface area contributed by atoms with Crippen LogP contribution in [0.1, 0.15) is 78.1 Å². The third-order valence-corrected chi connectivity index (χ3v) is 8.99. The van der Waals surface area contributed by atoms with E-state index in [-0.39, 0.29) is 5.41 Å². The first-order valence-corrected chi connectivity index (χ1v) is 9.63. The lowest BCUT2D eigenvalue weighted by Crippen LogP contribution is -2.56. The van der Waals surface area contributed by atoms with Crippen LogP contribution in [0.2, 0.25) is 0 Å². The molecule has 0 unspecified atom stereocenters. The van der Waals surface area contributed by atoms with Crippen molar-refractivity contribution in [1.29, 1.82) is 0 Å². The molecule has 0 spiro atoms. The number of carbonyl (C=O) groups excluding carboxylic acids is 1. The van der Waals surface area contributed by atoms with Crippen molar-refractivity contribution in [2.24, 2.45) is 34.5 Å². The molecule has 0 saturated heterocycles. The van der Waals surface area contributed by atoms with Gasteiger partial charge in [-0.3, -0.25) is 0 Å². The minimum Gasteiger partial charge on any atom is -0.382 e. The molecule has 0 bridgehead atoms. The number of carbonyl (C=O) groups is 1. The second-order valence-corrected chi connectivity index (χ2v) is 9.44. The highest BCUT2D eigenvalue weighted by Gasteiger charge is 2.64. The summed E-state index contributed by atoms with van der Waals surface area (Å²) in [5.74, 6) is 3.12. The van der Waals surface area contributed by atoms with Gasteiger partial charge in [-0.15, -0.1) is 0 Å². The van der Waals surface area contributed by atoms with Gasteiger partial charge in [0.25, 0.3) is 0 Å². The Labute approximate surface area is 135 Å². The van der Waals surface area contributed by atoms with Crippen molar-refractivity contribution in [3.05, 3.63) is 0 Å². The Balaban J connectivity index is 1.66. The molecule has 124 valence electrons. The number of hydrogen-bond donors (Lipinski definition) is 1. The molecule has 0 aromatic heterocycles. The Bertz CT molecular complexity index is 474. The number of aldehydes is 1. The van der Waals surface area contributed by atoms with Gasteiger partial charge in [0.15, 0.2) is 6.29 Å². The summed E-state index contributed by atoms with van der Waals surface area (Å²) in [7, 11) is 0. The van der Waals surface area contributed by atoms with Gasteiger partial charge in [-0.1, -0.05) is 26.7 Å². The smallest absolute Gasteiger partial charge is 0.152 e. The van der Waals surface area contributed by atoms with E-state index in [0.29, 0.717) is 17.8 Å². The summed E-state index contributed by atoms with van der Waals surface area (Å²) in [6.45, 7) is 4.79. The van der Waals surface area contributed by atoms with Crippen molar-refractivity contribution < 1.29 is 9.90 Å². The molecule has 0 aromatic rings. The van der Waals surface area contributed by atoms with E-state index in [1.54, 1.807) is 0 Å². The number of rotatable bonds is 1. The summed E-state index contributed by atoms with van der Waals surface area (Å²) < 4.78 is 0. The van der Waals surface area contributed by atoms with Crippen LogP contribution in [-0.4, -0.2) is 17.0 Å². The van der Waals surface area contributed by atoms with Gasteiger partial charge in [0.1, 0.15) is 5.60 Å². The number of aliphatic hydroxyl groups is 1. The lowest BCUT2D eigenvalue weighted by atomic mass is 9.44. The maximum Gasteiger partial charge on any atom is 0.152 e. The van der Waals surface area contributed by atoms with Crippen molar-refractivity contribution in [1.82, 2.24) is 0 Å². The molecule has 0 amide bonds. The minimum atomic E-state index is -1.05. The zero-order valence-electron chi connectivity index (χ0n) is 14.3. The Kier molecular flexibility index (Phi) is 3.32. The summed E-state index contributed by atoms with van der Waals surface area (Å²) in [5, 5.41) is 10.9. The molecule has 4 aliphatic rings. The van der Waals surface area contributed by atoms with E-state index in [2.05, 4.69) is 13.8 Å². The fourth-order valence-corrected chi connectivity index (χ4v) is 7.54. The van der Waals surface area contributed by atoms with Crippen molar-refractivity contribution in [3.63, 3.8) is 0 Å². The zero-order valence-corrected chi connectivity index (χ0v) is 14.3. The SMILES string of the molecule is C[C@]12CCCC[C@@H]1CC[C@@H]1[C@@H]2CC[C@@]2(C)[C@H]1CC[C@]2(O)C=O. The fraction of sp³-hybridized carbons (Fsp3) is 0.950. The molecule has 4 aliphatic carbocycles. The predicted octanol–water partition coefficient (Wildman–Crippen LogP) is 4.35. The van der Waals surface area contributed by atoms with E-state index >= 15 is 0 Å². The Morgan fingerprint density at radius 2 is 1.68 bits per heavy atom. The van der Waals surface area contributed by atoms with Crippen molar-refractivity contribution >= 4 is 6.29 Å². The normalized spacial score (nSPS) is 57.6. The molecule has 0 heterocycles. The van der Waals surface area contributed by atoms with E-state index in [9.17, 15) is 9.90 Å². The average Bonchev–Trinajstić information content (AvgIpc) is 2.79. The highest BCUT2D eigenvalue weighted by molar-refractivity contribution is 5.65. The van der Waals surface area contributed by atoms with Crippen LogP contribution in [-0.2, 0) is 4.79 Å². The first-order chi connectivity index (χ1) is 10.4. The highest BCUT2D eigenvalue weighted by atomic mass is 16.3. The van der Waals surface area contributed by atoms with Crippen molar-refractivity contribution in [2.75, 3.05) is 0 Å². The Morgan fingerprint density at radius 1 is 0.909 bits per heavy atom. The van der Waals surface area contributed by atoms with Gasteiger partial charge in [0, 0.05) is 5.41 Å². The van der Waals surface area contributed by atoms with Crippen LogP contribution in [0.25, 0.3) is 0 Å². The number of fused-ring (bicyclic) bond motifs is 5. The number of hydrogen-bond acceptors (Lipinski definition) is 2. The molecule has 2 heteroatoms.